The summed E-state index contributed by atoms with van der Waals surface area (Å²) in [6, 6.07) is 0.473. The summed E-state index contributed by atoms with van der Waals surface area (Å²) in [6.45, 7) is 1.94. The lowest BCUT2D eigenvalue weighted by atomic mass is 9.88. The van der Waals surface area contributed by atoms with E-state index in [0.717, 1.165) is 36.4 Å². The molecule has 0 radical (unpaired) electrons. The van der Waals surface area contributed by atoms with Crippen LogP contribution in [0.15, 0.2) is 5.38 Å². The lowest BCUT2D eigenvalue weighted by Gasteiger charge is -2.38. The second-order valence-corrected chi connectivity index (χ2v) is 7.22. The second kappa shape index (κ2) is 5.75. The van der Waals surface area contributed by atoms with Crippen molar-refractivity contribution in [3.63, 3.8) is 0 Å². The van der Waals surface area contributed by atoms with E-state index >= 15 is 0 Å². The van der Waals surface area contributed by atoms with E-state index in [-0.39, 0.29) is 30.3 Å². The van der Waals surface area contributed by atoms with Crippen molar-refractivity contribution in [3.8, 4) is 0 Å². The Labute approximate surface area is 128 Å². The van der Waals surface area contributed by atoms with Crippen LogP contribution in [-0.4, -0.2) is 39.0 Å². The predicted molar refractivity (Wildman–Crippen MR) is 79.2 cm³/mol. The average molecular weight is 308 g/mol. The second-order valence-electron chi connectivity index (χ2n) is 6.16. The van der Waals surface area contributed by atoms with E-state index in [2.05, 4.69) is 4.98 Å². The number of amides is 1. The molecule has 114 valence electrons. The molecule has 5 nitrogen and oxygen atoms in total. The van der Waals surface area contributed by atoms with E-state index in [9.17, 15) is 9.59 Å². The molecule has 2 fully saturated rings. The Hall–Kier alpha value is -1.43. The largest absolute Gasteiger partial charge is 0.481 e. The predicted octanol–water partition coefficient (Wildman–Crippen LogP) is 2.24. The Morgan fingerprint density at radius 1 is 1.38 bits per heavy atom. The lowest BCUT2D eigenvalue weighted by Crippen LogP contribution is -2.47. The van der Waals surface area contributed by atoms with Gasteiger partial charge in [0.2, 0.25) is 5.91 Å². The third-order valence-corrected chi connectivity index (χ3v) is 5.40. The van der Waals surface area contributed by atoms with Gasteiger partial charge in [-0.15, -0.1) is 11.3 Å². The Morgan fingerprint density at radius 3 is 2.57 bits per heavy atom. The number of nitrogens with zero attached hydrogens (tertiary/aromatic N) is 2. The van der Waals surface area contributed by atoms with Crippen LogP contribution >= 0.6 is 11.3 Å². The summed E-state index contributed by atoms with van der Waals surface area (Å²) in [6.07, 6.45) is 4.32. The van der Waals surface area contributed by atoms with Crippen molar-refractivity contribution in [2.24, 2.45) is 5.92 Å². The third kappa shape index (κ3) is 3.10. The van der Waals surface area contributed by atoms with Crippen LogP contribution in [0.1, 0.15) is 42.8 Å². The standard InChI is InChI=1S/C15H20N2O3S/c1-9-16-11(8-21-9)7-14(18)17-12-2-3-13(17)5-10(4-12)6-15(19)20/h8,10,12-13H,2-7H2,1H3,(H,19,20). The fraction of sp³-hybridized carbons (Fsp3) is 0.667. The number of carboxylic acid groups (broad SMARTS) is 1. The number of hydrogen-bond donors (Lipinski definition) is 1. The summed E-state index contributed by atoms with van der Waals surface area (Å²) in [7, 11) is 0. The Kier molecular flexibility index (Phi) is 3.97. The number of aryl methyl sites for hydroxylation is 1. The molecule has 1 aromatic rings. The normalized spacial score (nSPS) is 27.9. The zero-order chi connectivity index (χ0) is 15.0. The van der Waals surface area contributed by atoms with Gasteiger partial charge < -0.3 is 10.0 Å². The molecule has 0 aromatic carbocycles. The molecule has 0 saturated carbocycles. The van der Waals surface area contributed by atoms with Crippen molar-refractivity contribution in [1.82, 2.24) is 9.88 Å². The Balaban J connectivity index is 1.64. The molecule has 0 aliphatic carbocycles. The molecule has 0 spiro atoms. The Bertz CT molecular complexity index is 543. The molecule has 1 amide bonds. The van der Waals surface area contributed by atoms with Crippen LogP contribution in [0.5, 0.6) is 0 Å². The summed E-state index contributed by atoms with van der Waals surface area (Å²) in [4.78, 5) is 29.8. The van der Waals surface area contributed by atoms with E-state index in [0.29, 0.717) is 6.42 Å². The SMILES string of the molecule is Cc1nc(CC(=O)N2C3CCC2CC(CC(=O)O)C3)cs1. The minimum Gasteiger partial charge on any atom is -0.481 e. The van der Waals surface area contributed by atoms with Crippen LogP contribution in [0.25, 0.3) is 0 Å². The molecule has 2 bridgehead atoms. The topological polar surface area (TPSA) is 70.5 Å². The summed E-state index contributed by atoms with van der Waals surface area (Å²) in [5.74, 6) is -0.343. The number of piperidine rings is 1. The number of carbonyl (C=O) groups excluding carboxylic acids is 1. The maximum absolute atomic E-state index is 12.5. The molecule has 3 rings (SSSR count). The quantitative estimate of drug-likeness (QED) is 0.926. The van der Waals surface area contributed by atoms with E-state index < -0.39 is 5.97 Å². The van der Waals surface area contributed by atoms with Crippen molar-refractivity contribution in [2.75, 3.05) is 0 Å². The molecule has 6 heteroatoms. The highest BCUT2D eigenvalue weighted by Gasteiger charge is 2.43. The number of rotatable bonds is 4. The Morgan fingerprint density at radius 2 is 2.05 bits per heavy atom. The smallest absolute Gasteiger partial charge is 0.303 e. The fourth-order valence-electron chi connectivity index (χ4n) is 3.85. The molecule has 1 N–H and O–H groups in total. The highest BCUT2D eigenvalue weighted by molar-refractivity contribution is 7.09. The summed E-state index contributed by atoms with van der Waals surface area (Å²) in [5, 5.41) is 11.9. The average Bonchev–Trinajstić information content (AvgIpc) is 2.91. The van der Waals surface area contributed by atoms with Gasteiger partial charge in [0, 0.05) is 23.9 Å². The molecule has 21 heavy (non-hydrogen) atoms. The number of carboxylic acids is 1. The molecule has 2 unspecified atom stereocenters. The van der Waals surface area contributed by atoms with E-state index in [4.69, 9.17) is 5.11 Å². The maximum atomic E-state index is 12.5. The van der Waals surface area contributed by atoms with Crippen LogP contribution in [-0.2, 0) is 16.0 Å². The maximum Gasteiger partial charge on any atom is 0.303 e. The molecule has 2 saturated heterocycles. The number of aliphatic carboxylic acids is 1. The lowest BCUT2D eigenvalue weighted by molar-refractivity contribution is -0.139. The van der Waals surface area contributed by atoms with Crippen LogP contribution < -0.4 is 0 Å². The van der Waals surface area contributed by atoms with Crippen molar-refractivity contribution < 1.29 is 14.7 Å². The van der Waals surface area contributed by atoms with Gasteiger partial charge in [-0.3, -0.25) is 9.59 Å². The first-order valence-electron chi connectivity index (χ1n) is 7.47. The molecular weight excluding hydrogens is 288 g/mol. The monoisotopic (exact) mass is 308 g/mol. The van der Waals surface area contributed by atoms with E-state index in [1.807, 2.05) is 17.2 Å². The van der Waals surface area contributed by atoms with Crippen molar-refractivity contribution in [3.05, 3.63) is 16.1 Å². The highest BCUT2D eigenvalue weighted by atomic mass is 32.1. The highest BCUT2D eigenvalue weighted by Crippen LogP contribution is 2.40. The van der Waals surface area contributed by atoms with Gasteiger partial charge in [-0.05, 0) is 38.5 Å². The fourth-order valence-corrected chi connectivity index (χ4v) is 4.46. The van der Waals surface area contributed by atoms with Gasteiger partial charge in [0.25, 0.3) is 0 Å². The van der Waals surface area contributed by atoms with Gasteiger partial charge in [-0.1, -0.05) is 0 Å². The minimum atomic E-state index is -0.725. The van der Waals surface area contributed by atoms with Crippen LogP contribution in [0.3, 0.4) is 0 Å². The van der Waals surface area contributed by atoms with Crippen LogP contribution in [0, 0.1) is 12.8 Å². The van der Waals surface area contributed by atoms with Crippen molar-refractivity contribution in [1.29, 1.82) is 0 Å². The van der Waals surface area contributed by atoms with Gasteiger partial charge >= 0.3 is 5.97 Å². The summed E-state index contributed by atoms with van der Waals surface area (Å²) < 4.78 is 0. The van der Waals surface area contributed by atoms with Gasteiger partial charge in [0.1, 0.15) is 0 Å². The van der Waals surface area contributed by atoms with Gasteiger partial charge in [0.15, 0.2) is 0 Å². The van der Waals surface area contributed by atoms with Crippen molar-refractivity contribution >= 4 is 23.2 Å². The zero-order valence-electron chi connectivity index (χ0n) is 12.1. The van der Waals surface area contributed by atoms with E-state index in [1.165, 1.54) is 0 Å². The molecule has 3 heterocycles. The first kappa shape index (κ1) is 14.5. The number of hydrogen-bond acceptors (Lipinski definition) is 4. The van der Waals surface area contributed by atoms with Crippen LogP contribution in [0.2, 0.25) is 0 Å². The molecule has 2 aliphatic rings. The number of carbonyl (C=O) groups is 2. The van der Waals surface area contributed by atoms with Crippen molar-refractivity contribution in [2.45, 2.75) is 57.5 Å². The number of aromatic nitrogens is 1. The molecule has 2 atom stereocenters. The van der Waals surface area contributed by atoms with Gasteiger partial charge in [0.05, 0.1) is 17.1 Å². The van der Waals surface area contributed by atoms with Crippen LogP contribution in [0.4, 0.5) is 0 Å². The number of thiazole rings is 1. The summed E-state index contributed by atoms with van der Waals surface area (Å²) >= 11 is 1.57. The summed E-state index contributed by atoms with van der Waals surface area (Å²) in [5.41, 5.74) is 0.856. The van der Waals surface area contributed by atoms with E-state index in [1.54, 1.807) is 11.3 Å². The molecular formula is C15H20N2O3S. The first-order valence-corrected chi connectivity index (χ1v) is 8.35. The minimum absolute atomic E-state index is 0.154. The molecule has 1 aromatic heterocycles. The third-order valence-electron chi connectivity index (χ3n) is 4.58. The van der Waals surface area contributed by atoms with Gasteiger partial charge in [-0.25, -0.2) is 4.98 Å². The molecule has 2 aliphatic heterocycles. The number of fused-ring (bicyclic) bond motifs is 2. The van der Waals surface area contributed by atoms with Gasteiger partial charge in [-0.2, -0.15) is 0 Å². The first-order chi connectivity index (χ1) is 10.0. The zero-order valence-corrected chi connectivity index (χ0v) is 12.9.